The molecule has 150 valence electrons. The van der Waals surface area contributed by atoms with E-state index in [1.54, 1.807) is 23.6 Å². The summed E-state index contributed by atoms with van der Waals surface area (Å²) in [6.45, 7) is 0. The van der Waals surface area contributed by atoms with E-state index in [9.17, 15) is 23.1 Å². The molecule has 3 rings (SSSR count). The van der Waals surface area contributed by atoms with Crippen molar-refractivity contribution in [1.82, 2.24) is 4.98 Å². The van der Waals surface area contributed by atoms with Crippen LogP contribution in [0.4, 0.5) is 10.8 Å². The molecule has 3 aromatic rings. The standard InChI is InChI=1S/C18H15N3O6S2/c22-15-7-6-11(8-14(15)17(24)25)19-16(23)9-12-10-28-18(20-12)21-29(26,27)13-4-2-1-3-5-13/h1-8,10,22H,9H2,(H,19,23)(H,20,21)(H,24,25). The van der Waals surface area contributed by atoms with E-state index < -0.39 is 27.6 Å². The molecule has 0 fully saturated rings. The van der Waals surface area contributed by atoms with E-state index >= 15 is 0 Å². The molecule has 0 saturated carbocycles. The molecule has 9 nitrogen and oxygen atoms in total. The molecule has 1 aromatic heterocycles. The fraction of sp³-hybridized carbons (Fsp3) is 0.0556. The Morgan fingerprint density at radius 1 is 1.10 bits per heavy atom. The number of rotatable bonds is 7. The van der Waals surface area contributed by atoms with Crippen LogP contribution in [0.5, 0.6) is 5.75 Å². The van der Waals surface area contributed by atoms with E-state index in [0.717, 1.165) is 17.4 Å². The van der Waals surface area contributed by atoms with E-state index in [1.165, 1.54) is 24.3 Å². The zero-order valence-corrected chi connectivity index (χ0v) is 16.3. The molecule has 29 heavy (non-hydrogen) atoms. The first-order valence-electron chi connectivity index (χ1n) is 8.13. The summed E-state index contributed by atoms with van der Waals surface area (Å²) >= 11 is 1.04. The van der Waals surface area contributed by atoms with Crippen molar-refractivity contribution in [2.45, 2.75) is 11.3 Å². The Morgan fingerprint density at radius 2 is 1.83 bits per heavy atom. The van der Waals surface area contributed by atoms with Gasteiger partial charge in [0.15, 0.2) is 5.13 Å². The molecule has 0 radical (unpaired) electrons. The number of aromatic carboxylic acids is 1. The third kappa shape index (κ3) is 5.09. The first-order valence-corrected chi connectivity index (χ1v) is 10.5. The summed E-state index contributed by atoms with van der Waals surface area (Å²) < 4.78 is 27.0. The van der Waals surface area contributed by atoms with Gasteiger partial charge in [-0.3, -0.25) is 9.52 Å². The zero-order valence-electron chi connectivity index (χ0n) is 14.7. The average molecular weight is 433 g/mol. The average Bonchev–Trinajstić information content (AvgIpc) is 3.09. The highest BCUT2D eigenvalue weighted by atomic mass is 32.2. The smallest absolute Gasteiger partial charge is 0.339 e. The van der Waals surface area contributed by atoms with Crippen LogP contribution in [-0.2, 0) is 21.2 Å². The van der Waals surface area contributed by atoms with Gasteiger partial charge in [-0.25, -0.2) is 18.2 Å². The number of carboxylic acids is 1. The van der Waals surface area contributed by atoms with Gasteiger partial charge in [-0.05, 0) is 30.3 Å². The number of phenols is 1. The van der Waals surface area contributed by atoms with E-state index in [0.29, 0.717) is 5.69 Å². The third-order valence-corrected chi connectivity index (χ3v) is 5.97. The first kappa shape index (κ1) is 20.3. The van der Waals surface area contributed by atoms with Crippen LogP contribution in [0.1, 0.15) is 16.1 Å². The van der Waals surface area contributed by atoms with Crippen molar-refractivity contribution in [2.75, 3.05) is 10.0 Å². The number of carbonyl (C=O) groups is 2. The number of aromatic nitrogens is 1. The Bertz CT molecular complexity index is 1160. The Hall–Kier alpha value is -3.44. The number of carboxylic acid groups (broad SMARTS) is 1. The summed E-state index contributed by atoms with van der Waals surface area (Å²) in [5.74, 6) is -2.21. The number of thiazole rings is 1. The van der Waals surface area contributed by atoms with E-state index in [-0.39, 0.29) is 27.7 Å². The molecule has 11 heteroatoms. The Kier molecular flexibility index (Phi) is 5.80. The highest BCUT2D eigenvalue weighted by Crippen LogP contribution is 2.23. The zero-order chi connectivity index (χ0) is 21.0. The number of carbonyl (C=O) groups excluding carboxylic acids is 1. The van der Waals surface area contributed by atoms with Crippen LogP contribution >= 0.6 is 11.3 Å². The van der Waals surface area contributed by atoms with Crippen molar-refractivity contribution in [3.8, 4) is 5.75 Å². The molecular formula is C18H15N3O6S2. The lowest BCUT2D eigenvalue weighted by molar-refractivity contribution is -0.115. The maximum Gasteiger partial charge on any atom is 0.339 e. The summed E-state index contributed by atoms with van der Waals surface area (Å²) in [6.07, 6.45) is -0.146. The molecule has 2 aromatic carbocycles. The summed E-state index contributed by atoms with van der Waals surface area (Å²) in [4.78, 5) is 27.4. The van der Waals surface area contributed by atoms with Crippen LogP contribution in [0.2, 0.25) is 0 Å². The number of sulfonamides is 1. The number of anilines is 2. The number of hydrogen-bond acceptors (Lipinski definition) is 7. The minimum absolute atomic E-state index is 0.0936. The number of aromatic hydroxyl groups is 1. The van der Waals surface area contributed by atoms with Crippen molar-refractivity contribution in [3.63, 3.8) is 0 Å². The van der Waals surface area contributed by atoms with Gasteiger partial charge in [-0.1, -0.05) is 18.2 Å². The summed E-state index contributed by atoms with van der Waals surface area (Å²) in [7, 11) is -3.78. The lowest BCUT2D eigenvalue weighted by Gasteiger charge is -2.06. The fourth-order valence-electron chi connectivity index (χ4n) is 2.36. The van der Waals surface area contributed by atoms with E-state index in [4.69, 9.17) is 5.11 Å². The van der Waals surface area contributed by atoms with Gasteiger partial charge >= 0.3 is 5.97 Å². The fourth-order valence-corrected chi connectivity index (χ4v) is 4.35. The quantitative estimate of drug-likeness (QED) is 0.419. The summed E-state index contributed by atoms with van der Waals surface area (Å²) in [5, 5.41) is 22.7. The molecule has 0 aliphatic carbocycles. The number of hydrogen-bond donors (Lipinski definition) is 4. The van der Waals surface area contributed by atoms with Crippen molar-refractivity contribution in [1.29, 1.82) is 0 Å². The predicted molar refractivity (Wildman–Crippen MR) is 107 cm³/mol. The molecule has 0 bridgehead atoms. The van der Waals surface area contributed by atoms with Gasteiger partial charge in [0, 0.05) is 11.1 Å². The molecule has 1 amide bonds. The lowest BCUT2D eigenvalue weighted by atomic mass is 10.1. The first-order chi connectivity index (χ1) is 13.7. The van der Waals surface area contributed by atoms with Gasteiger partial charge in [0.2, 0.25) is 5.91 Å². The van der Waals surface area contributed by atoms with E-state index in [2.05, 4.69) is 15.0 Å². The van der Waals surface area contributed by atoms with Crippen LogP contribution in [0.15, 0.2) is 58.8 Å². The van der Waals surface area contributed by atoms with Crippen molar-refractivity contribution in [2.24, 2.45) is 0 Å². The van der Waals surface area contributed by atoms with Crippen LogP contribution < -0.4 is 10.0 Å². The number of amides is 1. The number of benzene rings is 2. The number of nitrogens with one attached hydrogen (secondary N) is 2. The summed E-state index contributed by atoms with van der Waals surface area (Å²) in [5.41, 5.74) is 0.204. The second-order valence-corrected chi connectivity index (χ2v) is 8.37. The number of nitrogens with zero attached hydrogens (tertiary/aromatic N) is 1. The van der Waals surface area contributed by atoms with Gasteiger partial charge in [0.05, 0.1) is 17.0 Å². The van der Waals surface area contributed by atoms with Gasteiger partial charge in [0.25, 0.3) is 10.0 Å². The Balaban J connectivity index is 1.65. The molecule has 4 N–H and O–H groups in total. The van der Waals surface area contributed by atoms with Gasteiger partial charge in [-0.2, -0.15) is 0 Å². The molecule has 0 spiro atoms. The van der Waals surface area contributed by atoms with Crippen molar-refractivity contribution in [3.05, 3.63) is 65.2 Å². The van der Waals surface area contributed by atoms with Crippen LogP contribution in [0.3, 0.4) is 0 Å². The van der Waals surface area contributed by atoms with Crippen LogP contribution in [0, 0.1) is 0 Å². The van der Waals surface area contributed by atoms with Crippen molar-refractivity contribution < 1.29 is 28.2 Å². The topological polar surface area (TPSA) is 146 Å². The van der Waals surface area contributed by atoms with Crippen molar-refractivity contribution >= 4 is 44.1 Å². The maximum atomic E-state index is 12.3. The summed E-state index contributed by atoms with van der Waals surface area (Å²) in [6, 6.07) is 11.5. The maximum absolute atomic E-state index is 12.3. The lowest BCUT2D eigenvalue weighted by Crippen LogP contribution is -2.15. The second kappa shape index (κ2) is 8.29. The molecule has 1 heterocycles. The molecule has 0 saturated heterocycles. The molecular weight excluding hydrogens is 418 g/mol. The normalized spacial score (nSPS) is 11.0. The van der Waals surface area contributed by atoms with Gasteiger partial charge < -0.3 is 15.5 Å². The third-order valence-electron chi connectivity index (χ3n) is 3.68. The molecule has 0 aliphatic rings. The highest BCUT2D eigenvalue weighted by Gasteiger charge is 2.17. The highest BCUT2D eigenvalue weighted by molar-refractivity contribution is 7.93. The van der Waals surface area contributed by atoms with Gasteiger partial charge in [-0.15, -0.1) is 11.3 Å². The minimum Gasteiger partial charge on any atom is -0.507 e. The molecule has 0 unspecified atom stereocenters. The predicted octanol–water partition coefficient (Wildman–Crippen LogP) is 2.53. The van der Waals surface area contributed by atoms with E-state index in [1.807, 2.05) is 0 Å². The SMILES string of the molecule is O=C(Cc1csc(NS(=O)(=O)c2ccccc2)n1)Nc1ccc(O)c(C(=O)O)c1. The Labute approximate surface area is 169 Å². The monoisotopic (exact) mass is 433 g/mol. The molecule has 0 atom stereocenters. The largest absolute Gasteiger partial charge is 0.507 e. The second-order valence-electron chi connectivity index (χ2n) is 5.82. The van der Waals surface area contributed by atoms with Crippen LogP contribution in [-0.4, -0.2) is 35.5 Å². The minimum atomic E-state index is -3.78. The van der Waals surface area contributed by atoms with Crippen LogP contribution in [0.25, 0.3) is 0 Å². The van der Waals surface area contributed by atoms with Gasteiger partial charge in [0.1, 0.15) is 11.3 Å². The Morgan fingerprint density at radius 3 is 2.52 bits per heavy atom. The molecule has 0 aliphatic heterocycles.